The smallest absolute Gasteiger partial charge is 0.408 e. The lowest BCUT2D eigenvalue weighted by molar-refractivity contribution is -0.152. The lowest BCUT2D eigenvalue weighted by Gasteiger charge is -2.31. The molecular weight excluding hydrogens is 352 g/mol. The summed E-state index contributed by atoms with van der Waals surface area (Å²) in [5.74, 6) is -2.01. The molecule has 0 bridgehead atoms. The third-order valence-corrected chi connectivity index (χ3v) is 4.62. The van der Waals surface area contributed by atoms with Crippen LogP contribution < -0.4 is 5.32 Å². The van der Waals surface area contributed by atoms with E-state index >= 15 is 0 Å². The maximum atomic E-state index is 12.9. The molecule has 8 nitrogen and oxygen atoms in total. The van der Waals surface area contributed by atoms with Crippen LogP contribution in [0.3, 0.4) is 0 Å². The molecule has 0 saturated carbocycles. The lowest BCUT2D eigenvalue weighted by Crippen LogP contribution is -2.55. The molecule has 1 aliphatic rings. The second-order valence-corrected chi connectivity index (χ2v) is 6.95. The van der Waals surface area contributed by atoms with Crippen molar-refractivity contribution in [2.45, 2.75) is 51.5 Å². The van der Waals surface area contributed by atoms with E-state index in [-0.39, 0.29) is 12.5 Å². The Morgan fingerprint density at radius 1 is 1.26 bits per heavy atom. The molecule has 1 aromatic carbocycles. The summed E-state index contributed by atoms with van der Waals surface area (Å²) in [6.07, 6.45) is -1.36. The van der Waals surface area contributed by atoms with Gasteiger partial charge >= 0.3 is 12.1 Å². The van der Waals surface area contributed by atoms with Gasteiger partial charge in [-0.1, -0.05) is 44.2 Å². The molecule has 1 fully saturated rings. The monoisotopic (exact) mass is 378 g/mol. The van der Waals surface area contributed by atoms with Gasteiger partial charge in [0.2, 0.25) is 5.91 Å². The van der Waals surface area contributed by atoms with Gasteiger partial charge in [0.25, 0.3) is 0 Å². The summed E-state index contributed by atoms with van der Waals surface area (Å²) < 4.78 is 5.17. The minimum absolute atomic E-state index is 0.0791. The zero-order valence-corrected chi connectivity index (χ0v) is 15.5. The number of hydrogen-bond acceptors (Lipinski definition) is 5. The number of aliphatic hydroxyl groups excluding tert-OH is 1. The number of aliphatic carboxylic acids is 1. The molecule has 1 aliphatic heterocycles. The van der Waals surface area contributed by atoms with Gasteiger partial charge in [-0.2, -0.15) is 0 Å². The van der Waals surface area contributed by atoms with Gasteiger partial charge in [-0.3, -0.25) is 4.79 Å². The fourth-order valence-corrected chi connectivity index (χ4v) is 3.14. The number of nitrogens with zero attached hydrogens (tertiary/aromatic N) is 1. The predicted molar refractivity (Wildman–Crippen MR) is 96.8 cm³/mol. The highest BCUT2D eigenvalue weighted by Crippen LogP contribution is 2.23. The summed E-state index contributed by atoms with van der Waals surface area (Å²) >= 11 is 0. The summed E-state index contributed by atoms with van der Waals surface area (Å²) in [4.78, 5) is 37.4. The zero-order chi connectivity index (χ0) is 20.0. The van der Waals surface area contributed by atoms with E-state index in [1.54, 1.807) is 13.8 Å². The van der Waals surface area contributed by atoms with Crippen LogP contribution in [0.4, 0.5) is 4.79 Å². The fraction of sp³-hybridized carbons (Fsp3) is 0.526. The predicted octanol–water partition coefficient (Wildman–Crippen LogP) is 1.37. The number of carbonyl (C=O) groups excluding carboxylic acids is 2. The minimum atomic E-state index is -1.64. The highest BCUT2D eigenvalue weighted by Gasteiger charge is 2.40. The number of alkyl carbamates (subject to hydrolysis) is 1. The van der Waals surface area contributed by atoms with Crippen molar-refractivity contribution in [1.82, 2.24) is 10.2 Å². The van der Waals surface area contributed by atoms with Gasteiger partial charge in [0, 0.05) is 6.54 Å². The van der Waals surface area contributed by atoms with Crippen molar-refractivity contribution in [2.24, 2.45) is 5.92 Å². The summed E-state index contributed by atoms with van der Waals surface area (Å²) in [6.45, 7) is 3.98. The van der Waals surface area contributed by atoms with Crippen molar-refractivity contribution in [1.29, 1.82) is 0 Å². The number of nitrogens with one attached hydrogen (secondary N) is 1. The van der Waals surface area contributed by atoms with E-state index < -0.39 is 36.2 Å². The number of rotatable bonds is 7. The Labute approximate surface area is 158 Å². The Hall–Kier alpha value is -2.61. The largest absolute Gasteiger partial charge is 0.479 e. The summed E-state index contributed by atoms with van der Waals surface area (Å²) in [5, 5.41) is 21.5. The van der Waals surface area contributed by atoms with Gasteiger partial charge in [-0.15, -0.1) is 0 Å². The van der Waals surface area contributed by atoms with Crippen LogP contribution in [0.2, 0.25) is 0 Å². The number of hydrogen-bond donors (Lipinski definition) is 3. The molecule has 27 heavy (non-hydrogen) atoms. The first kappa shape index (κ1) is 20.7. The van der Waals surface area contributed by atoms with E-state index in [0.29, 0.717) is 19.4 Å². The van der Waals surface area contributed by atoms with Crippen molar-refractivity contribution in [3.63, 3.8) is 0 Å². The Balaban J connectivity index is 1.99. The molecule has 0 aromatic heterocycles. The molecule has 3 N–H and O–H groups in total. The van der Waals surface area contributed by atoms with Crippen LogP contribution >= 0.6 is 0 Å². The van der Waals surface area contributed by atoms with Gasteiger partial charge in [-0.05, 0) is 24.3 Å². The number of amides is 2. The number of carbonyl (C=O) groups is 3. The van der Waals surface area contributed by atoms with Crippen LogP contribution in [0.15, 0.2) is 30.3 Å². The number of benzene rings is 1. The van der Waals surface area contributed by atoms with E-state index in [2.05, 4.69) is 5.32 Å². The van der Waals surface area contributed by atoms with Crippen LogP contribution in [0.1, 0.15) is 32.3 Å². The number of aliphatic hydroxyl groups is 1. The number of carboxylic acid groups (broad SMARTS) is 1. The Morgan fingerprint density at radius 2 is 1.93 bits per heavy atom. The normalized spacial score (nSPS) is 18.8. The average molecular weight is 378 g/mol. The maximum absolute atomic E-state index is 12.9. The van der Waals surface area contributed by atoms with Crippen molar-refractivity contribution in [2.75, 3.05) is 6.54 Å². The van der Waals surface area contributed by atoms with Gasteiger partial charge < -0.3 is 25.2 Å². The molecule has 8 heteroatoms. The molecule has 3 atom stereocenters. The van der Waals surface area contributed by atoms with Crippen LogP contribution in [0.5, 0.6) is 0 Å². The molecule has 148 valence electrons. The Kier molecular flexibility index (Phi) is 7.18. The molecular formula is C19H26N2O6. The molecule has 1 saturated heterocycles. The maximum Gasteiger partial charge on any atom is 0.408 e. The second kappa shape index (κ2) is 9.36. The Bertz CT molecular complexity index is 663. The first-order valence-corrected chi connectivity index (χ1v) is 8.99. The lowest BCUT2D eigenvalue weighted by atomic mass is 10.0. The molecule has 0 radical (unpaired) electrons. The third-order valence-electron chi connectivity index (χ3n) is 4.62. The van der Waals surface area contributed by atoms with E-state index in [4.69, 9.17) is 9.84 Å². The second-order valence-electron chi connectivity index (χ2n) is 6.95. The first-order chi connectivity index (χ1) is 12.8. The topological polar surface area (TPSA) is 116 Å². The van der Waals surface area contributed by atoms with Crippen molar-refractivity contribution in [3.8, 4) is 0 Å². The number of carboxylic acids is 1. The van der Waals surface area contributed by atoms with Crippen molar-refractivity contribution < 1.29 is 29.3 Å². The molecule has 2 rings (SSSR count). The van der Waals surface area contributed by atoms with Crippen LogP contribution in [0, 0.1) is 5.92 Å². The summed E-state index contributed by atoms with van der Waals surface area (Å²) in [5.41, 5.74) is 0.823. The highest BCUT2D eigenvalue weighted by atomic mass is 16.5. The van der Waals surface area contributed by atoms with Crippen molar-refractivity contribution in [3.05, 3.63) is 35.9 Å². The highest BCUT2D eigenvalue weighted by molar-refractivity contribution is 5.87. The van der Waals surface area contributed by atoms with Crippen molar-refractivity contribution >= 4 is 18.0 Å². The van der Waals surface area contributed by atoms with Crippen LogP contribution in [-0.4, -0.2) is 57.8 Å². The molecule has 0 aliphatic carbocycles. The van der Waals surface area contributed by atoms with Gasteiger partial charge in [0.1, 0.15) is 12.6 Å². The van der Waals surface area contributed by atoms with Gasteiger partial charge in [-0.25, -0.2) is 9.59 Å². The van der Waals surface area contributed by atoms with E-state index in [0.717, 1.165) is 5.56 Å². The van der Waals surface area contributed by atoms with E-state index in [1.165, 1.54) is 4.90 Å². The molecule has 1 unspecified atom stereocenters. The Morgan fingerprint density at radius 3 is 2.52 bits per heavy atom. The fourth-order valence-electron chi connectivity index (χ4n) is 3.14. The van der Waals surface area contributed by atoms with E-state index in [9.17, 15) is 19.5 Å². The molecule has 0 spiro atoms. The number of likely N-dealkylation sites (tertiary alicyclic amines) is 1. The number of ether oxygens (including phenoxy) is 1. The quantitative estimate of drug-likeness (QED) is 0.660. The molecule has 1 aromatic rings. The SMILES string of the molecule is CC(C)[C@@H](NC(=O)OCc1ccccc1)C(=O)N1CCCC1[C@H](O)C(=O)O. The molecule has 2 amide bonds. The van der Waals surface area contributed by atoms with E-state index in [1.807, 2.05) is 30.3 Å². The zero-order valence-electron chi connectivity index (χ0n) is 15.5. The van der Waals surface area contributed by atoms with Crippen LogP contribution in [-0.2, 0) is 20.9 Å². The first-order valence-electron chi connectivity index (χ1n) is 8.99. The standard InChI is InChI=1S/C19H26N2O6/c1-12(2)15(20-19(26)27-11-13-7-4-3-5-8-13)17(23)21-10-6-9-14(21)16(22)18(24)25/h3-5,7-8,12,14-16,22H,6,9-11H2,1-2H3,(H,20,26)(H,24,25)/t14?,15-,16+/m1/s1. The minimum Gasteiger partial charge on any atom is -0.479 e. The van der Waals surface area contributed by atoms with Gasteiger partial charge in [0.15, 0.2) is 6.10 Å². The summed E-state index contributed by atoms with van der Waals surface area (Å²) in [6, 6.07) is 7.50. The molecule has 1 heterocycles. The summed E-state index contributed by atoms with van der Waals surface area (Å²) in [7, 11) is 0. The van der Waals surface area contributed by atoms with Crippen LogP contribution in [0.25, 0.3) is 0 Å². The average Bonchev–Trinajstić information content (AvgIpc) is 3.13. The third kappa shape index (κ3) is 5.43. The van der Waals surface area contributed by atoms with Gasteiger partial charge in [0.05, 0.1) is 6.04 Å².